The third-order valence-corrected chi connectivity index (χ3v) is 10.4. The van der Waals surface area contributed by atoms with Crippen molar-refractivity contribution < 1.29 is 28.6 Å². The highest BCUT2D eigenvalue weighted by atomic mass is 16.6. The Balaban J connectivity index is 4.15. The maximum atomic E-state index is 12.7. The molecule has 0 aromatic heterocycles. The molecule has 0 bridgehead atoms. The second kappa shape index (κ2) is 39.6. The summed E-state index contributed by atoms with van der Waals surface area (Å²) in [6.45, 7) is 8.95. The van der Waals surface area contributed by atoms with Crippen molar-refractivity contribution in [3.8, 4) is 0 Å². The van der Waals surface area contributed by atoms with Gasteiger partial charge in [-0.2, -0.15) is 0 Å². The molecule has 0 aliphatic rings. The van der Waals surface area contributed by atoms with Crippen molar-refractivity contribution in [3.05, 3.63) is 0 Å². The normalized spacial score (nSPS) is 12.5. The first-order valence-electron chi connectivity index (χ1n) is 22.4. The Hall–Kier alpha value is -1.59. The Morgan fingerprint density at radius 3 is 1.02 bits per heavy atom. The fraction of sp³-hybridized carbons (Fsp3) is 0.933. The van der Waals surface area contributed by atoms with Crippen LogP contribution in [0.2, 0.25) is 0 Å². The zero-order chi connectivity index (χ0) is 37.5. The van der Waals surface area contributed by atoms with Gasteiger partial charge in [-0.3, -0.25) is 14.4 Å². The van der Waals surface area contributed by atoms with Gasteiger partial charge in [0.15, 0.2) is 6.10 Å². The van der Waals surface area contributed by atoms with Crippen LogP contribution in [0.15, 0.2) is 0 Å². The van der Waals surface area contributed by atoms with E-state index in [0.29, 0.717) is 19.3 Å². The standard InChI is InChI=1S/C45H86O6/c1-5-8-10-12-13-14-22-25-29-33-37-44(47)50-40-42(39-49-43(46)36-32-27-11-9-6-2)51-45(48)38-34-30-26-23-20-18-16-15-17-19-21-24-28-31-35-41(4)7-3/h41-42H,5-40H2,1-4H3/t41?,42-/m1/s1. The monoisotopic (exact) mass is 723 g/mol. The Morgan fingerprint density at radius 2 is 0.686 bits per heavy atom. The summed E-state index contributed by atoms with van der Waals surface area (Å²) in [5, 5.41) is 0. The number of unbranched alkanes of at least 4 members (excludes halogenated alkanes) is 26. The number of esters is 3. The molecule has 2 atom stereocenters. The van der Waals surface area contributed by atoms with Crippen molar-refractivity contribution >= 4 is 17.9 Å². The van der Waals surface area contributed by atoms with Gasteiger partial charge < -0.3 is 14.2 Å². The SMILES string of the molecule is CCCCCCCCCCCCC(=O)OC[C@@H](COC(=O)CCCCCCC)OC(=O)CCCCCCCCCCCCCCCCC(C)CC. The molecule has 302 valence electrons. The molecule has 6 nitrogen and oxygen atoms in total. The third-order valence-electron chi connectivity index (χ3n) is 10.4. The van der Waals surface area contributed by atoms with E-state index in [9.17, 15) is 14.4 Å². The lowest BCUT2D eigenvalue weighted by atomic mass is 9.99. The van der Waals surface area contributed by atoms with Crippen molar-refractivity contribution in [1.29, 1.82) is 0 Å². The maximum absolute atomic E-state index is 12.7. The molecule has 0 saturated heterocycles. The quantitative estimate of drug-likeness (QED) is 0.0356. The lowest BCUT2D eigenvalue weighted by Crippen LogP contribution is -2.30. The van der Waals surface area contributed by atoms with Gasteiger partial charge in [0, 0.05) is 19.3 Å². The van der Waals surface area contributed by atoms with Crippen LogP contribution in [-0.4, -0.2) is 37.2 Å². The van der Waals surface area contributed by atoms with Crippen LogP contribution in [0.1, 0.15) is 246 Å². The van der Waals surface area contributed by atoms with Crippen LogP contribution in [-0.2, 0) is 28.6 Å². The van der Waals surface area contributed by atoms with Crippen molar-refractivity contribution in [2.24, 2.45) is 5.92 Å². The lowest BCUT2D eigenvalue weighted by molar-refractivity contribution is -0.167. The number of ether oxygens (including phenoxy) is 3. The molecule has 0 fully saturated rings. The Bertz CT molecular complexity index is 768. The molecule has 0 amide bonds. The van der Waals surface area contributed by atoms with Gasteiger partial charge in [0.2, 0.25) is 0 Å². The summed E-state index contributed by atoms with van der Waals surface area (Å²) < 4.78 is 16.6. The molecule has 0 aromatic carbocycles. The van der Waals surface area contributed by atoms with Crippen molar-refractivity contribution in [2.75, 3.05) is 13.2 Å². The van der Waals surface area contributed by atoms with Crippen molar-refractivity contribution in [3.63, 3.8) is 0 Å². The molecular formula is C45H86O6. The summed E-state index contributed by atoms with van der Waals surface area (Å²) in [4.78, 5) is 37.4. The summed E-state index contributed by atoms with van der Waals surface area (Å²) in [6.07, 6.45) is 38.2. The molecule has 6 heteroatoms. The summed E-state index contributed by atoms with van der Waals surface area (Å²) >= 11 is 0. The van der Waals surface area contributed by atoms with Gasteiger partial charge in [0.1, 0.15) is 13.2 Å². The highest BCUT2D eigenvalue weighted by Crippen LogP contribution is 2.17. The average molecular weight is 723 g/mol. The fourth-order valence-electron chi connectivity index (χ4n) is 6.59. The average Bonchev–Trinajstić information content (AvgIpc) is 3.13. The second-order valence-corrected chi connectivity index (χ2v) is 15.6. The van der Waals surface area contributed by atoms with Gasteiger partial charge in [-0.1, -0.05) is 207 Å². The predicted octanol–water partition coefficient (Wildman–Crippen LogP) is 13.9. The van der Waals surface area contributed by atoms with Crippen LogP contribution in [0.3, 0.4) is 0 Å². The molecule has 0 radical (unpaired) electrons. The van der Waals surface area contributed by atoms with Gasteiger partial charge in [-0.05, 0) is 25.2 Å². The molecule has 1 unspecified atom stereocenters. The van der Waals surface area contributed by atoms with E-state index in [4.69, 9.17) is 14.2 Å². The topological polar surface area (TPSA) is 78.9 Å². The van der Waals surface area contributed by atoms with Crippen LogP contribution >= 0.6 is 0 Å². The van der Waals surface area contributed by atoms with Crippen LogP contribution in [0.4, 0.5) is 0 Å². The van der Waals surface area contributed by atoms with E-state index in [0.717, 1.165) is 70.1 Å². The van der Waals surface area contributed by atoms with Crippen LogP contribution < -0.4 is 0 Å². The first-order valence-corrected chi connectivity index (χ1v) is 22.4. The Morgan fingerprint density at radius 1 is 0.392 bits per heavy atom. The number of carbonyl (C=O) groups excluding carboxylic acids is 3. The predicted molar refractivity (Wildman–Crippen MR) is 215 cm³/mol. The van der Waals surface area contributed by atoms with E-state index in [1.165, 1.54) is 135 Å². The minimum Gasteiger partial charge on any atom is -0.462 e. The number of rotatable bonds is 40. The third kappa shape index (κ3) is 38.0. The highest BCUT2D eigenvalue weighted by Gasteiger charge is 2.19. The van der Waals surface area contributed by atoms with Gasteiger partial charge in [0.05, 0.1) is 0 Å². The summed E-state index contributed by atoms with van der Waals surface area (Å²) in [7, 11) is 0. The summed E-state index contributed by atoms with van der Waals surface area (Å²) in [6, 6.07) is 0. The molecule has 0 rings (SSSR count). The molecule has 0 aliphatic carbocycles. The van der Waals surface area contributed by atoms with Crippen molar-refractivity contribution in [1.82, 2.24) is 0 Å². The van der Waals surface area contributed by atoms with E-state index < -0.39 is 6.10 Å². The molecule has 0 aromatic rings. The molecule has 0 N–H and O–H groups in total. The largest absolute Gasteiger partial charge is 0.462 e. The van der Waals surface area contributed by atoms with Crippen LogP contribution in [0.5, 0.6) is 0 Å². The minimum absolute atomic E-state index is 0.0650. The van der Waals surface area contributed by atoms with E-state index in [-0.39, 0.29) is 31.1 Å². The van der Waals surface area contributed by atoms with Gasteiger partial charge in [0.25, 0.3) is 0 Å². The number of hydrogen-bond acceptors (Lipinski definition) is 6. The number of hydrogen-bond donors (Lipinski definition) is 0. The fourth-order valence-corrected chi connectivity index (χ4v) is 6.59. The second-order valence-electron chi connectivity index (χ2n) is 15.6. The first kappa shape index (κ1) is 49.4. The van der Waals surface area contributed by atoms with Crippen LogP contribution in [0, 0.1) is 5.92 Å². The Kier molecular flexibility index (Phi) is 38.4. The molecule has 0 saturated carbocycles. The Labute approximate surface area is 317 Å². The zero-order valence-electron chi connectivity index (χ0n) is 34.6. The van der Waals surface area contributed by atoms with Crippen LogP contribution in [0.25, 0.3) is 0 Å². The van der Waals surface area contributed by atoms with E-state index >= 15 is 0 Å². The maximum Gasteiger partial charge on any atom is 0.306 e. The van der Waals surface area contributed by atoms with Gasteiger partial charge >= 0.3 is 17.9 Å². The smallest absolute Gasteiger partial charge is 0.306 e. The van der Waals surface area contributed by atoms with Gasteiger partial charge in [-0.25, -0.2) is 0 Å². The minimum atomic E-state index is -0.757. The molecule has 51 heavy (non-hydrogen) atoms. The molecular weight excluding hydrogens is 636 g/mol. The molecule has 0 heterocycles. The van der Waals surface area contributed by atoms with E-state index in [1.54, 1.807) is 0 Å². The van der Waals surface area contributed by atoms with E-state index in [1.807, 2.05) is 0 Å². The zero-order valence-corrected chi connectivity index (χ0v) is 34.6. The highest BCUT2D eigenvalue weighted by molar-refractivity contribution is 5.71. The number of carbonyl (C=O) groups is 3. The summed E-state index contributed by atoms with van der Waals surface area (Å²) in [5.74, 6) is 0.0240. The van der Waals surface area contributed by atoms with Gasteiger partial charge in [-0.15, -0.1) is 0 Å². The summed E-state index contributed by atoms with van der Waals surface area (Å²) in [5.41, 5.74) is 0. The molecule has 0 aliphatic heterocycles. The van der Waals surface area contributed by atoms with E-state index in [2.05, 4.69) is 27.7 Å². The molecule has 0 spiro atoms. The lowest BCUT2D eigenvalue weighted by Gasteiger charge is -2.18. The van der Waals surface area contributed by atoms with Crippen molar-refractivity contribution in [2.45, 2.75) is 252 Å². The first-order chi connectivity index (χ1) is 24.9.